The first kappa shape index (κ1) is 14.6. The number of carbonyl (C=O) groups is 1. The van der Waals surface area contributed by atoms with Crippen LogP contribution >= 0.6 is 11.8 Å². The van der Waals surface area contributed by atoms with E-state index in [1.165, 1.54) is 0 Å². The lowest BCUT2D eigenvalue weighted by Gasteiger charge is -2.32. The Morgan fingerprint density at radius 1 is 1.33 bits per heavy atom. The van der Waals surface area contributed by atoms with E-state index in [1.54, 1.807) is 16.7 Å². The fourth-order valence-corrected chi connectivity index (χ4v) is 3.42. The van der Waals surface area contributed by atoms with E-state index in [0.29, 0.717) is 5.75 Å². The molecule has 21 heavy (non-hydrogen) atoms. The predicted molar refractivity (Wildman–Crippen MR) is 69.6 cm³/mol. The Bertz CT molecular complexity index is 540. The van der Waals surface area contributed by atoms with Crippen LogP contribution < -0.4 is 5.32 Å². The highest BCUT2D eigenvalue weighted by Crippen LogP contribution is 2.29. The standard InChI is InChI=1S/C11H14F3N5OS/c12-11(13,14)10-17-16-8-5-18(2-3-19(8)10)9(20)7-6-21-4-1-15-7/h7,15H,1-6H2. The van der Waals surface area contributed by atoms with E-state index in [9.17, 15) is 18.0 Å². The second-order valence-corrected chi connectivity index (χ2v) is 6.08. The van der Waals surface area contributed by atoms with Gasteiger partial charge in [0.15, 0.2) is 5.82 Å². The highest BCUT2D eigenvalue weighted by atomic mass is 32.2. The number of carbonyl (C=O) groups excluding carboxylic acids is 1. The summed E-state index contributed by atoms with van der Waals surface area (Å²) in [7, 11) is 0. The molecule has 3 rings (SSSR count). The zero-order valence-corrected chi connectivity index (χ0v) is 11.9. The number of nitrogens with zero attached hydrogens (tertiary/aromatic N) is 4. The molecule has 6 nitrogen and oxygen atoms in total. The summed E-state index contributed by atoms with van der Waals surface area (Å²) in [5.41, 5.74) is 0. The van der Waals surface area contributed by atoms with E-state index >= 15 is 0 Å². The Labute approximate surface area is 123 Å². The van der Waals surface area contributed by atoms with Crippen molar-refractivity contribution in [1.29, 1.82) is 0 Å². The minimum absolute atomic E-state index is 0.0722. The van der Waals surface area contributed by atoms with Gasteiger partial charge in [-0.3, -0.25) is 4.79 Å². The van der Waals surface area contributed by atoms with Crippen LogP contribution in [0.25, 0.3) is 0 Å². The minimum Gasteiger partial charge on any atom is -0.332 e. The van der Waals surface area contributed by atoms with Gasteiger partial charge < -0.3 is 14.8 Å². The maximum atomic E-state index is 12.7. The third-order valence-electron chi connectivity index (χ3n) is 3.54. The van der Waals surface area contributed by atoms with Gasteiger partial charge in [-0.2, -0.15) is 24.9 Å². The van der Waals surface area contributed by atoms with Gasteiger partial charge in [-0.1, -0.05) is 0 Å². The Hall–Kier alpha value is -1.29. The Balaban J connectivity index is 1.73. The van der Waals surface area contributed by atoms with Crippen molar-refractivity contribution < 1.29 is 18.0 Å². The number of halogens is 3. The summed E-state index contributed by atoms with van der Waals surface area (Å²) in [6, 6.07) is -0.264. The van der Waals surface area contributed by atoms with Crippen molar-refractivity contribution in [2.45, 2.75) is 25.3 Å². The molecule has 3 heterocycles. The van der Waals surface area contributed by atoms with E-state index in [-0.39, 0.29) is 37.4 Å². The molecule has 1 amide bonds. The average molecular weight is 321 g/mol. The normalized spacial score (nSPS) is 23.0. The van der Waals surface area contributed by atoms with Crippen molar-refractivity contribution in [2.24, 2.45) is 0 Å². The van der Waals surface area contributed by atoms with Crippen LogP contribution in [-0.4, -0.2) is 56.2 Å². The molecule has 0 aliphatic carbocycles. The molecule has 2 aliphatic heterocycles. The van der Waals surface area contributed by atoms with E-state index in [0.717, 1.165) is 16.9 Å². The third kappa shape index (κ3) is 2.86. The highest BCUT2D eigenvalue weighted by molar-refractivity contribution is 7.99. The van der Waals surface area contributed by atoms with Crippen LogP contribution in [0.4, 0.5) is 13.2 Å². The summed E-state index contributed by atoms with van der Waals surface area (Å²) in [5, 5.41) is 9.91. The van der Waals surface area contributed by atoms with Crippen LogP contribution in [0.2, 0.25) is 0 Å². The van der Waals surface area contributed by atoms with Gasteiger partial charge in [0.25, 0.3) is 0 Å². The second kappa shape index (κ2) is 5.48. The number of rotatable bonds is 1. The molecule has 1 fully saturated rings. The van der Waals surface area contributed by atoms with Crippen LogP contribution in [0, 0.1) is 0 Å². The van der Waals surface area contributed by atoms with E-state index < -0.39 is 12.0 Å². The monoisotopic (exact) mass is 321 g/mol. The summed E-state index contributed by atoms with van der Waals surface area (Å²) < 4.78 is 39.3. The Morgan fingerprint density at radius 2 is 2.14 bits per heavy atom. The Kier molecular flexibility index (Phi) is 3.82. The van der Waals surface area contributed by atoms with Gasteiger partial charge in [-0.15, -0.1) is 10.2 Å². The number of hydrogen-bond acceptors (Lipinski definition) is 5. The first-order valence-electron chi connectivity index (χ1n) is 6.56. The second-order valence-electron chi connectivity index (χ2n) is 4.93. The number of amides is 1. The van der Waals surface area contributed by atoms with Crippen molar-refractivity contribution >= 4 is 17.7 Å². The van der Waals surface area contributed by atoms with Crippen LogP contribution in [0.15, 0.2) is 0 Å². The molecule has 0 bridgehead atoms. The molecule has 1 aromatic rings. The van der Waals surface area contributed by atoms with Crippen molar-refractivity contribution in [3.05, 3.63) is 11.6 Å². The van der Waals surface area contributed by atoms with Crippen LogP contribution in [0.1, 0.15) is 11.6 Å². The Morgan fingerprint density at radius 3 is 2.81 bits per heavy atom. The molecule has 1 aromatic heterocycles. The molecular weight excluding hydrogens is 307 g/mol. The van der Waals surface area contributed by atoms with Gasteiger partial charge in [-0.05, 0) is 0 Å². The molecule has 1 unspecified atom stereocenters. The van der Waals surface area contributed by atoms with Crippen molar-refractivity contribution in [2.75, 3.05) is 24.6 Å². The molecule has 1 atom stereocenters. The molecule has 10 heteroatoms. The van der Waals surface area contributed by atoms with Crippen LogP contribution in [0.3, 0.4) is 0 Å². The summed E-state index contributed by atoms with van der Waals surface area (Å²) >= 11 is 1.70. The van der Waals surface area contributed by atoms with Crippen molar-refractivity contribution in [3.8, 4) is 0 Å². The summed E-state index contributed by atoms with van der Waals surface area (Å²) in [6.07, 6.45) is -4.51. The van der Waals surface area contributed by atoms with Crippen LogP contribution in [-0.2, 0) is 24.1 Å². The van der Waals surface area contributed by atoms with Gasteiger partial charge in [0.2, 0.25) is 11.7 Å². The number of hydrogen-bond donors (Lipinski definition) is 1. The molecule has 1 N–H and O–H groups in total. The molecule has 116 valence electrons. The third-order valence-corrected chi connectivity index (χ3v) is 4.60. The van der Waals surface area contributed by atoms with Gasteiger partial charge in [-0.25, -0.2) is 0 Å². The lowest BCUT2D eigenvalue weighted by atomic mass is 10.2. The molecule has 2 aliphatic rings. The fourth-order valence-electron chi connectivity index (χ4n) is 2.50. The quantitative estimate of drug-likeness (QED) is 0.808. The zero-order chi connectivity index (χ0) is 15.0. The van der Waals surface area contributed by atoms with Crippen molar-refractivity contribution in [3.63, 3.8) is 0 Å². The molecular formula is C11H14F3N5OS. The zero-order valence-electron chi connectivity index (χ0n) is 11.1. The van der Waals surface area contributed by atoms with Gasteiger partial charge >= 0.3 is 6.18 Å². The van der Waals surface area contributed by atoms with Gasteiger partial charge in [0.1, 0.15) is 0 Å². The van der Waals surface area contributed by atoms with E-state index in [2.05, 4.69) is 15.5 Å². The first-order valence-corrected chi connectivity index (χ1v) is 7.71. The summed E-state index contributed by atoms with van der Waals surface area (Å²) in [5.74, 6) is 0.773. The van der Waals surface area contributed by atoms with E-state index in [1.807, 2.05) is 0 Å². The lowest BCUT2D eigenvalue weighted by Crippen LogP contribution is -2.52. The smallest absolute Gasteiger partial charge is 0.332 e. The van der Waals surface area contributed by atoms with E-state index in [4.69, 9.17) is 0 Å². The average Bonchev–Trinajstić information content (AvgIpc) is 2.90. The highest BCUT2D eigenvalue weighted by Gasteiger charge is 2.40. The maximum absolute atomic E-state index is 12.7. The summed E-state index contributed by atoms with van der Waals surface area (Å²) in [6.45, 7) is 1.16. The van der Waals surface area contributed by atoms with Crippen LogP contribution in [0.5, 0.6) is 0 Å². The number of nitrogens with one attached hydrogen (secondary N) is 1. The van der Waals surface area contributed by atoms with Gasteiger partial charge in [0.05, 0.1) is 12.6 Å². The minimum atomic E-state index is -4.51. The largest absolute Gasteiger partial charge is 0.451 e. The molecule has 0 saturated carbocycles. The molecule has 0 radical (unpaired) electrons. The van der Waals surface area contributed by atoms with Crippen molar-refractivity contribution in [1.82, 2.24) is 25.0 Å². The maximum Gasteiger partial charge on any atom is 0.451 e. The predicted octanol–water partition coefficient (Wildman–Crippen LogP) is 0.344. The molecule has 0 aromatic carbocycles. The number of alkyl halides is 3. The summed E-state index contributed by atoms with van der Waals surface area (Å²) in [4.78, 5) is 13.9. The SMILES string of the molecule is O=C(C1CSCCN1)N1CCn2c(nnc2C(F)(F)F)C1. The lowest BCUT2D eigenvalue weighted by molar-refractivity contribution is -0.148. The molecule has 1 saturated heterocycles. The number of aromatic nitrogens is 3. The van der Waals surface area contributed by atoms with Gasteiger partial charge in [0, 0.05) is 31.1 Å². The topological polar surface area (TPSA) is 63.1 Å². The fraction of sp³-hybridized carbons (Fsp3) is 0.727. The molecule has 0 spiro atoms. The number of fused-ring (bicyclic) bond motifs is 1. The first-order chi connectivity index (χ1) is 9.97. The number of thioether (sulfide) groups is 1.